The van der Waals surface area contributed by atoms with Crippen molar-refractivity contribution < 1.29 is 9.90 Å². The van der Waals surface area contributed by atoms with Crippen molar-refractivity contribution in [3.63, 3.8) is 0 Å². The van der Waals surface area contributed by atoms with Crippen LogP contribution in [0.25, 0.3) is 10.9 Å². The van der Waals surface area contributed by atoms with E-state index in [1.807, 2.05) is 30.3 Å². The van der Waals surface area contributed by atoms with Crippen molar-refractivity contribution in [3.05, 3.63) is 42.4 Å². The predicted octanol–water partition coefficient (Wildman–Crippen LogP) is 2.00. The molecule has 1 aromatic carbocycles. The van der Waals surface area contributed by atoms with Crippen molar-refractivity contribution in [2.24, 2.45) is 0 Å². The Labute approximate surface area is 81.4 Å². The summed E-state index contributed by atoms with van der Waals surface area (Å²) in [7, 11) is 0. The fourth-order valence-corrected chi connectivity index (χ4v) is 1.44. The van der Waals surface area contributed by atoms with E-state index in [0.717, 1.165) is 16.6 Å². The molecule has 71 valence electrons. The summed E-state index contributed by atoms with van der Waals surface area (Å²) in [5, 5.41) is 9.59. The highest BCUT2D eigenvalue weighted by molar-refractivity contribution is 5.81. The molecule has 2 aromatic rings. The van der Waals surface area contributed by atoms with Crippen LogP contribution in [-0.4, -0.2) is 16.1 Å². The van der Waals surface area contributed by atoms with Gasteiger partial charge in [-0.15, -0.1) is 0 Å². The Morgan fingerprint density at radius 1 is 1.43 bits per heavy atom. The zero-order valence-electron chi connectivity index (χ0n) is 7.53. The SMILES string of the molecule is O=C(O)[CH]Cc1cc2ccccc2[nH]1. The first-order valence-electron chi connectivity index (χ1n) is 4.38. The third kappa shape index (κ3) is 1.76. The Morgan fingerprint density at radius 3 is 2.93 bits per heavy atom. The fourth-order valence-electron chi connectivity index (χ4n) is 1.44. The second-order valence-corrected chi connectivity index (χ2v) is 3.13. The summed E-state index contributed by atoms with van der Waals surface area (Å²) < 4.78 is 0. The smallest absolute Gasteiger partial charge is 0.307 e. The van der Waals surface area contributed by atoms with Crippen LogP contribution in [0.4, 0.5) is 0 Å². The van der Waals surface area contributed by atoms with Gasteiger partial charge in [-0.3, -0.25) is 4.79 Å². The predicted molar refractivity (Wildman–Crippen MR) is 53.9 cm³/mol. The van der Waals surface area contributed by atoms with E-state index in [9.17, 15) is 4.79 Å². The number of hydrogen-bond acceptors (Lipinski definition) is 1. The minimum atomic E-state index is -0.886. The number of carbonyl (C=O) groups is 1. The van der Waals surface area contributed by atoms with Gasteiger partial charge in [0.1, 0.15) is 0 Å². The van der Waals surface area contributed by atoms with Crippen LogP contribution in [0, 0.1) is 6.42 Å². The molecule has 0 aliphatic heterocycles. The number of carboxylic acids is 1. The van der Waals surface area contributed by atoms with E-state index < -0.39 is 5.97 Å². The van der Waals surface area contributed by atoms with Gasteiger partial charge < -0.3 is 10.1 Å². The van der Waals surface area contributed by atoms with E-state index >= 15 is 0 Å². The van der Waals surface area contributed by atoms with Gasteiger partial charge in [-0.1, -0.05) is 18.2 Å². The van der Waals surface area contributed by atoms with Crippen LogP contribution in [0.2, 0.25) is 0 Å². The van der Waals surface area contributed by atoms with Crippen LogP contribution in [0.1, 0.15) is 5.69 Å². The highest BCUT2D eigenvalue weighted by Gasteiger charge is 2.02. The quantitative estimate of drug-likeness (QED) is 0.774. The number of fused-ring (bicyclic) bond motifs is 1. The van der Waals surface area contributed by atoms with Gasteiger partial charge in [0, 0.05) is 17.6 Å². The summed E-state index contributed by atoms with van der Waals surface area (Å²) in [6.45, 7) is 0. The average Bonchev–Trinajstić information content (AvgIpc) is 2.57. The lowest BCUT2D eigenvalue weighted by Crippen LogP contribution is -1.98. The van der Waals surface area contributed by atoms with Crippen LogP contribution in [0.5, 0.6) is 0 Å². The Morgan fingerprint density at radius 2 is 2.21 bits per heavy atom. The van der Waals surface area contributed by atoms with E-state index in [2.05, 4.69) is 4.98 Å². The standard InChI is InChI=1S/C11H10NO2/c13-11(14)6-5-9-7-8-3-1-2-4-10(8)12-9/h1-4,6-7,12H,5H2,(H,13,14). The Balaban J connectivity index is 2.22. The molecule has 2 N–H and O–H groups in total. The molecule has 2 rings (SSSR count). The molecule has 0 bridgehead atoms. The molecule has 14 heavy (non-hydrogen) atoms. The summed E-state index contributed by atoms with van der Waals surface area (Å²) in [6.07, 6.45) is 1.68. The molecule has 0 aliphatic rings. The van der Waals surface area contributed by atoms with Crippen molar-refractivity contribution in [1.29, 1.82) is 0 Å². The van der Waals surface area contributed by atoms with Crippen molar-refractivity contribution >= 4 is 16.9 Å². The van der Waals surface area contributed by atoms with Crippen LogP contribution < -0.4 is 0 Å². The molecule has 0 spiro atoms. The topological polar surface area (TPSA) is 53.1 Å². The third-order valence-electron chi connectivity index (χ3n) is 2.08. The van der Waals surface area contributed by atoms with E-state index in [1.165, 1.54) is 6.42 Å². The number of para-hydroxylation sites is 1. The van der Waals surface area contributed by atoms with Crippen LogP contribution in [0.3, 0.4) is 0 Å². The number of benzene rings is 1. The maximum atomic E-state index is 10.3. The number of hydrogen-bond donors (Lipinski definition) is 2. The van der Waals surface area contributed by atoms with Crippen LogP contribution >= 0.6 is 0 Å². The molecule has 3 nitrogen and oxygen atoms in total. The summed E-state index contributed by atoms with van der Waals surface area (Å²) in [5.74, 6) is -0.886. The highest BCUT2D eigenvalue weighted by atomic mass is 16.4. The molecule has 0 unspecified atom stereocenters. The first-order chi connectivity index (χ1) is 6.75. The normalized spacial score (nSPS) is 10.6. The maximum Gasteiger partial charge on any atom is 0.307 e. The lowest BCUT2D eigenvalue weighted by atomic mass is 10.2. The molecule has 0 saturated heterocycles. The third-order valence-corrected chi connectivity index (χ3v) is 2.08. The monoisotopic (exact) mass is 188 g/mol. The summed E-state index contributed by atoms with van der Waals surface area (Å²) in [5.41, 5.74) is 1.97. The number of aromatic amines is 1. The van der Waals surface area contributed by atoms with Gasteiger partial charge in [0.2, 0.25) is 0 Å². The molecule has 1 heterocycles. The van der Waals surface area contributed by atoms with Gasteiger partial charge in [-0.2, -0.15) is 0 Å². The highest BCUT2D eigenvalue weighted by Crippen LogP contribution is 2.15. The van der Waals surface area contributed by atoms with E-state index in [4.69, 9.17) is 5.11 Å². The first-order valence-corrected chi connectivity index (χ1v) is 4.38. The van der Waals surface area contributed by atoms with Gasteiger partial charge in [0.25, 0.3) is 0 Å². The Kier molecular flexibility index (Phi) is 2.23. The summed E-state index contributed by atoms with van der Waals surface area (Å²) >= 11 is 0. The number of nitrogens with one attached hydrogen (secondary N) is 1. The lowest BCUT2D eigenvalue weighted by molar-refractivity contribution is -0.133. The summed E-state index contributed by atoms with van der Waals surface area (Å²) in [4.78, 5) is 13.5. The molecule has 1 aromatic heterocycles. The zero-order valence-corrected chi connectivity index (χ0v) is 7.53. The van der Waals surface area contributed by atoms with Crippen molar-refractivity contribution in [3.8, 4) is 0 Å². The Hall–Kier alpha value is -1.77. The number of H-pyrrole nitrogens is 1. The molecular formula is C11H10NO2. The van der Waals surface area contributed by atoms with Crippen LogP contribution in [0.15, 0.2) is 30.3 Å². The van der Waals surface area contributed by atoms with Crippen LogP contribution in [-0.2, 0) is 11.2 Å². The minimum Gasteiger partial charge on any atom is -0.481 e. The molecule has 3 heteroatoms. The lowest BCUT2D eigenvalue weighted by Gasteiger charge is -1.91. The second-order valence-electron chi connectivity index (χ2n) is 3.13. The van der Waals surface area contributed by atoms with Crippen molar-refractivity contribution in [1.82, 2.24) is 4.98 Å². The maximum absolute atomic E-state index is 10.3. The van der Waals surface area contributed by atoms with E-state index in [-0.39, 0.29) is 0 Å². The van der Waals surface area contributed by atoms with E-state index in [0.29, 0.717) is 6.42 Å². The number of aromatic nitrogens is 1. The first kappa shape index (κ1) is 8.81. The number of carboxylic acid groups (broad SMARTS) is 1. The number of rotatable bonds is 3. The number of aliphatic carboxylic acids is 1. The summed E-state index contributed by atoms with van der Waals surface area (Å²) in [6, 6.07) is 9.84. The zero-order chi connectivity index (χ0) is 9.97. The molecule has 0 atom stereocenters. The molecule has 1 radical (unpaired) electrons. The molecule has 0 saturated carbocycles. The van der Waals surface area contributed by atoms with Gasteiger partial charge in [0.05, 0.1) is 6.42 Å². The van der Waals surface area contributed by atoms with Crippen molar-refractivity contribution in [2.75, 3.05) is 0 Å². The molecular weight excluding hydrogens is 178 g/mol. The molecule has 0 aliphatic carbocycles. The van der Waals surface area contributed by atoms with E-state index in [1.54, 1.807) is 0 Å². The largest absolute Gasteiger partial charge is 0.481 e. The van der Waals surface area contributed by atoms with Crippen molar-refractivity contribution in [2.45, 2.75) is 6.42 Å². The molecule has 0 amide bonds. The minimum absolute atomic E-state index is 0.435. The Bertz CT molecular complexity index is 426. The van der Waals surface area contributed by atoms with Gasteiger partial charge in [-0.25, -0.2) is 0 Å². The average molecular weight is 188 g/mol. The van der Waals surface area contributed by atoms with Gasteiger partial charge >= 0.3 is 5.97 Å². The molecule has 0 fully saturated rings. The van der Waals surface area contributed by atoms with Gasteiger partial charge in [0.15, 0.2) is 0 Å². The fraction of sp³-hybridized carbons (Fsp3) is 0.0909. The van der Waals surface area contributed by atoms with Gasteiger partial charge in [-0.05, 0) is 17.5 Å². The second kappa shape index (κ2) is 3.54.